The molecule has 0 bridgehead atoms. The van der Waals surface area contributed by atoms with Crippen molar-refractivity contribution in [3.05, 3.63) is 30.0 Å². The van der Waals surface area contributed by atoms with Gasteiger partial charge < -0.3 is 0 Å². The van der Waals surface area contributed by atoms with Crippen molar-refractivity contribution in [3.63, 3.8) is 0 Å². The van der Waals surface area contributed by atoms with E-state index in [1.165, 1.54) is 16.5 Å². The number of rotatable bonds is 2. The van der Waals surface area contributed by atoms with Gasteiger partial charge in [-0.25, -0.2) is 0 Å². The van der Waals surface area contributed by atoms with Crippen molar-refractivity contribution in [2.24, 2.45) is 5.41 Å². The van der Waals surface area contributed by atoms with Crippen molar-refractivity contribution in [2.75, 3.05) is 0 Å². The summed E-state index contributed by atoms with van der Waals surface area (Å²) in [5, 5.41) is 5.68. The Balaban J connectivity index is 2.44. The zero-order chi connectivity index (χ0) is 12.6. The summed E-state index contributed by atoms with van der Waals surface area (Å²) in [4.78, 5) is 0. The largest absolute Gasteiger partial charge is 0.262 e. The lowest BCUT2D eigenvalue weighted by Crippen LogP contribution is -2.09. The number of hydrogen-bond donors (Lipinski definition) is 0. The molecule has 0 amide bonds. The monoisotopic (exact) mass is 230 g/mol. The molecule has 0 N–H and O–H groups in total. The maximum atomic E-state index is 4.45. The Hall–Kier alpha value is -1.31. The Morgan fingerprint density at radius 3 is 2.53 bits per heavy atom. The zero-order valence-corrected chi connectivity index (χ0v) is 11.5. The van der Waals surface area contributed by atoms with E-state index >= 15 is 0 Å². The molecule has 0 radical (unpaired) electrons. The van der Waals surface area contributed by atoms with E-state index < -0.39 is 0 Å². The van der Waals surface area contributed by atoms with Crippen LogP contribution in [0.3, 0.4) is 0 Å². The minimum absolute atomic E-state index is 0.330. The summed E-state index contributed by atoms with van der Waals surface area (Å²) in [6.07, 6.45) is 3.06. The molecule has 0 spiro atoms. The Bertz CT molecular complexity index is 515. The molecular weight excluding hydrogens is 208 g/mol. The van der Waals surface area contributed by atoms with Crippen LogP contribution in [0.1, 0.15) is 46.2 Å². The molecular formula is C15H22N2. The molecule has 17 heavy (non-hydrogen) atoms. The third-order valence-electron chi connectivity index (χ3n) is 2.89. The highest BCUT2D eigenvalue weighted by Crippen LogP contribution is 2.24. The Labute approximate surface area is 104 Å². The van der Waals surface area contributed by atoms with E-state index in [9.17, 15) is 0 Å². The number of fused-ring (bicyclic) bond motifs is 1. The van der Waals surface area contributed by atoms with Crippen LogP contribution < -0.4 is 0 Å². The zero-order valence-electron chi connectivity index (χ0n) is 11.5. The van der Waals surface area contributed by atoms with Crippen LogP contribution in [0.25, 0.3) is 10.9 Å². The van der Waals surface area contributed by atoms with Gasteiger partial charge in [0.2, 0.25) is 0 Å². The van der Waals surface area contributed by atoms with Crippen LogP contribution in [-0.2, 0) is 6.42 Å². The first-order valence-electron chi connectivity index (χ1n) is 6.33. The van der Waals surface area contributed by atoms with Crippen LogP contribution in [0, 0.1) is 5.41 Å². The van der Waals surface area contributed by atoms with Gasteiger partial charge in [-0.15, -0.1) is 0 Å². The van der Waals surface area contributed by atoms with E-state index in [1.807, 2.05) is 6.20 Å². The molecule has 1 heterocycles. The Morgan fingerprint density at radius 1 is 1.24 bits per heavy atom. The maximum absolute atomic E-state index is 4.45. The highest BCUT2D eigenvalue weighted by atomic mass is 15.3. The van der Waals surface area contributed by atoms with E-state index in [1.54, 1.807) is 0 Å². The highest BCUT2D eigenvalue weighted by molar-refractivity contribution is 5.79. The van der Waals surface area contributed by atoms with Gasteiger partial charge in [0.15, 0.2) is 0 Å². The molecule has 92 valence electrons. The van der Waals surface area contributed by atoms with Gasteiger partial charge in [-0.3, -0.25) is 4.68 Å². The van der Waals surface area contributed by atoms with Crippen LogP contribution in [0.4, 0.5) is 0 Å². The molecule has 2 heteroatoms. The smallest absolute Gasteiger partial charge is 0.0688 e. The van der Waals surface area contributed by atoms with Gasteiger partial charge in [0.1, 0.15) is 0 Å². The number of benzene rings is 1. The molecule has 0 saturated carbocycles. The number of hydrogen-bond acceptors (Lipinski definition) is 1. The predicted octanol–water partition coefficient (Wildman–Crippen LogP) is 4.21. The summed E-state index contributed by atoms with van der Waals surface area (Å²) >= 11 is 0. The lowest BCUT2D eigenvalue weighted by molar-refractivity contribution is 0.411. The summed E-state index contributed by atoms with van der Waals surface area (Å²) in [7, 11) is 0. The summed E-state index contributed by atoms with van der Waals surface area (Å²) in [6, 6.07) is 7.10. The minimum Gasteiger partial charge on any atom is -0.262 e. The molecule has 0 unspecified atom stereocenters. The van der Waals surface area contributed by atoms with Crippen LogP contribution in [0.15, 0.2) is 24.4 Å². The molecule has 0 saturated heterocycles. The summed E-state index contributed by atoms with van der Waals surface area (Å²) in [5.74, 6) is 0. The van der Waals surface area contributed by atoms with Gasteiger partial charge in [0, 0.05) is 11.4 Å². The van der Waals surface area contributed by atoms with Gasteiger partial charge >= 0.3 is 0 Å². The fraction of sp³-hybridized carbons (Fsp3) is 0.533. The third kappa shape index (κ3) is 2.68. The average Bonchev–Trinajstić information content (AvgIpc) is 2.57. The summed E-state index contributed by atoms with van der Waals surface area (Å²) in [6.45, 7) is 11.2. The molecule has 0 atom stereocenters. The normalized spacial score (nSPS) is 12.6. The van der Waals surface area contributed by atoms with Gasteiger partial charge in [-0.1, -0.05) is 32.9 Å². The van der Waals surface area contributed by atoms with Crippen LogP contribution in [0.2, 0.25) is 0 Å². The second-order valence-electron chi connectivity index (χ2n) is 6.31. The molecule has 1 aromatic carbocycles. The lowest BCUT2D eigenvalue weighted by Gasteiger charge is -2.18. The summed E-state index contributed by atoms with van der Waals surface area (Å²) < 4.78 is 2.10. The minimum atomic E-state index is 0.330. The van der Waals surface area contributed by atoms with Gasteiger partial charge in [0.25, 0.3) is 0 Å². The third-order valence-corrected chi connectivity index (χ3v) is 2.89. The number of nitrogens with zero attached hydrogens (tertiary/aromatic N) is 2. The first-order valence-corrected chi connectivity index (χ1v) is 6.33. The van der Waals surface area contributed by atoms with Gasteiger partial charge in [-0.2, -0.15) is 5.10 Å². The molecule has 2 nitrogen and oxygen atoms in total. The molecule has 0 fully saturated rings. The Morgan fingerprint density at radius 2 is 1.94 bits per heavy atom. The Kier molecular flexibility index (Phi) is 2.98. The molecule has 0 aliphatic carbocycles. The maximum Gasteiger partial charge on any atom is 0.0688 e. The first-order chi connectivity index (χ1) is 7.87. The van der Waals surface area contributed by atoms with Crippen LogP contribution in [0.5, 0.6) is 0 Å². The van der Waals surface area contributed by atoms with E-state index in [2.05, 4.69) is 62.6 Å². The van der Waals surface area contributed by atoms with Crippen molar-refractivity contribution in [1.82, 2.24) is 9.78 Å². The topological polar surface area (TPSA) is 17.8 Å². The fourth-order valence-electron chi connectivity index (χ4n) is 2.22. The highest BCUT2D eigenvalue weighted by Gasteiger charge is 2.13. The van der Waals surface area contributed by atoms with E-state index in [4.69, 9.17) is 0 Å². The van der Waals surface area contributed by atoms with Crippen molar-refractivity contribution in [2.45, 2.75) is 47.1 Å². The molecule has 1 aromatic heterocycles. The van der Waals surface area contributed by atoms with Gasteiger partial charge in [-0.05, 0) is 37.3 Å². The quantitative estimate of drug-likeness (QED) is 0.755. The van der Waals surface area contributed by atoms with Crippen molar-refractivity contribution >= 4 is 10.9 Å². The van der Waals surface area contributed by atoms with E-state index in [0.29, 0.717) is 11.5 Å². The SMILES string of the molecule is CC(C)n1ncc2ccc(CC(C)(C)C)cc21. The van der Waals surface area contributed by atoms with Crippen LogP contribution in [-0.4, -0.2) is 9.78 Å². The second-order valence-corrected chi connectivity index (χ2v) is 6.31. The summed E-state index contributed by atoms with van der Waals surface area (Å²) in [5.41, 5.74) is 2.98. The average molecular weight is 230 g/mol. The van der Waals surface area contributed by atoms with Gasteiger partial charge in [0.05, 0.1) is 11.7 Å². The molecule has 0 aliphatic rings. The molecule has 2 rings (SSSR count). The van der Waals surface area contributed by atoms with Crippen molar-refractivity contribution < 1.29 is 0 Å². The van der Waals surface area contributed by atoms with Crippen LogP contribution >= 0.6 is 0 Å². The van der Waals surface area contributed by atoms with E-state index in [-0.39, 0.29) is 0 Å². The lowest BCUT2D eigenvalue weighted by atomic mass is 9.88. The predicted molar refractivity (Wildman–Crippen MR) is 73.3 cm³/mol. The molecule has 2 aromatic rings. The van der Waals surface area contributed by atoms with Crippen molar-refractivity contribution in [1.29, 1.82) is 0 Å². The fourth-order valence-corrected chi connectivity index (χ4v) is 2.22. The second kappa shape index (κ2) is 4.17. The first kappa shape index (κ1) is 12.2. The van der Waals surface area contributed by atoms with Crippen molar-refractivity contribution in [3.8, 4) is 0 Å². The standard InChI is InChI=1S/C15H22N2/c1-11(2)17-14-8-12(9-15(3,4)5)6-7-13(14)10-16-17/h6-8,10-11H,9H2,1-5H3. The number of aromatic nitrogens is 2. The molecule has 0 aliphatic heterocycles. The van der Waals surface area contributed by atoms with E-state index in [0.717, 1.165) is 6.42 Å².